The zero-order valence-electron chi connectivity index (χ0n) is 14.9. The van der Waals surface area contributed by atoms with E-state index < -0.39 is 10.0 Å². The summed E-state index contributed by atoms with van der Waals surface area (Å²) in [4.78, 5) is 16.0. The average molecular weight is 391 g/mol. The van der Waals surface area contributed by atoms with Crippen molar-refractivity contribution in [2.45, 2.75) is 19.4 Å². The first-order chi connectivity index (χ1) is 12.9. The van der Waals surface area contributed by atoms with Gasteiger partial charge in [0.05, 0.1) is 11.9 Å². The van der Waals surface area contributed by atoms with E-state index in [0.29, 0.717) is 30.2 Å². The van der Waals surface area contributed by atoms with Gasteiger partial charge >= 0.3 is 0 Å². The minimum Gasteiger partial charge on any atom is -0.454 e. The number of hydrogen-bond donors (Lipinski definition) is 1. The van der Waals surface area contributed by atoms with E-state index in [2.05, 4.69) is 10.3 Å². The molecule has 1 aliphatic heterocycles. The van der Waals surface area contributed by atoms with Gasteiger partial charge in [-0.1, -0.05) is 6.07 Å². The lowest BCUT2D eigenvalue weighted by Gasteiger charge is -2.22. The number of benzene rings is 1. The Labute approximate surface area is 158 Å². The fourth-order valence-electron chi connectivity index (χ4n) is 2.70. The molecule has 0 radical (unpaired) electrons. The van der Waals surface area contributed by atoms with Gasteiger partial charge in [-0.25, -0.2) is 8.42 Å². The molecule has 0 aliphatic carbocycles. The van der Waals surface area contributed by atoms with E-state index in [0.717, 1.165) is 11.8 Å². The van der Waals surface area contributed by atoms with Gasteiger partial charge < -0.3 is 14.8 Å². The quantitative estimate of drug-likeness (QED) is 0.735. The Morgan fingerprint density at radius 3 is 2.81 bits per heavy atom. The maximum atomic E-state index is 12.2. The number of aromatic nitrogens is 1. The molecule has 0 bridgehead atoms. The van der Waals surface area contributed by atoms with Crippen molar-refractivity contribution < 1.29 is 22.7 Å². The molecule has 0 unspecified atom stereocenters. The zero-order chi connectivity index (χ0) is 19.3. The molecule has 1 N–H and O–H groups in total. The Balaban J connectivity index is 1.55. The van der Waals surface area contributed by atoms with E-state index in [1.165, 1.54) is 4.31 Å². The Hall–Kier alpha value is -2.81. The predicted molar refractivity (Wildman–Crippen MR) is 100 cm³/mol. The Kier molecular flexibility index (Phi) is 5.80. The summed E-state index contributed by atoms with van der Waals surface area (Å²) >= 11 is 0. The lowest BCUT2D eigenvalue weighted by molar-refractivity contribution is -0.121. The fourth-order valence-corrected chi connectivity index (χ4v) is 3.66. The highest BCUT2D eigenvalue weighted by Crippen LogP contribution is 2.36. The molecule has 1 aromatic heterocycles. The normalized spacial score (nSPS) is 12.6. The van der Waals surface area contributed by atoms with Crippen molar-refractivity contribution in [2.75, 3.05) is 23.9 Å². The highest BCUT2D eigenvalue weighted by molar-refractivity contribution is 7.92. The van der Waals surface area contributed by atoms with Crippen LogP contribution >= 0.6 is 0 Å². The van der Waals surface area contributed by atoms with E-state index >= 15 is 0 Å². The van der Waals surface area contributed by atoms with Crippen molar-refractivity contribution in [3.8, 4) is 11.5 Å². The monoisotopic (exact) mass is 391 g/mol. The van der Waals surface area contributed by atoms with Gasteiger partial charge in [-0.15, -0.1) is 0 Å². The first-order valence-electron chi connectivity index (χ1n) is 8.46. The second-order valence-electron chi connectivity index (χ2n) is 6.11. The summed E-state index contributed by atoms with van der Waals surface area (Å²) in [6.07, 6.45) is 5.10. The van der Waals surface area contributed by atoms with Crippen LogP contribution in [0.5, 0.6) is 11.5 Å². The first kappa shape index (κ1) is 19.0. The van der Waals surface area contributed by atoms with Crippen LogP contribution in [0.25, 0.3) is 0 Å². The van der Waals surface area contributed by atoms with Crippen LogP contribution in [0.1, 0.15) is 18.4 Å². The summed E-state index contributed by atoms with van der Waals surface area (Å²) in [5, 5.41) is 2.80. The van der Waals surface area contributed by atoms with E-state index in [1.807, 2.05) is 6.07 Å². The molecule has 8 nitrogen and oxygen atoms in total. The maximum Gasteiger partial charge on any atom is 0.232 e. The number of carbonyl (C=O) groups is 1. The van der Waals surface area contributed by atoms with E-state index in [-0.39, 0.29) is 25.7 Å². The summed E-state index contributed by atoms with van der Waals surface area (Å²) in [6.45, 7) is 0.707. The third-order valence-electron chi connectivity index (χ3n) is 4.02. The second kappa shape index (κ2) is 8.26. The summed E-state index contributed by atoms with van der Waals surface area (Å²) in [6, 6.07) is 8.65. The number of pyridine rings is 1. The molecule has 0 saturated heterocycles. The van der Waals surface area contributed by atoms with Crippen molar-refractivity contribution >= 4 is 21.6 Å². The Morgan fingerprint density at radius 2 is 2.07 bits per heavy atom. The molecule has 1 aliphatic rings. The van der Waals surface area contributed by atoms with Gasteiger partial charge in [0.1, 0.15) is 0 Å². The lowest BCUT2D eigenvalue weighted by atomic mass is 10.2. The number of rotatable bonds is 8. The van der Waals surface area contributed by atoms with Crippen LogP contribution in [0.4, 0.5) is 5.69 Å². The van der Waals surface area contributed by atoms with Crippen molar-refractivity contribution in [3.05, 3.63) is 48.3 Å². The zero-order valence-corrected chi connectivity index (χ0v) is 15.7. The molecule has 27 heavy (non-hydrogen) atoms. The second-order valence-corrected chi connectivity index (χ2v) is 8.02. The number of hydrogen-bond acceptors (Lipinski definition) is 6. The van der Waals surface area contributed by atoms with Crippen LogP contribution < -0.4 is 19.1 Å². The summed E-state index contributed by atoms with van der Waals surface area (Å²) < 4.78 is 36.1. The highest BCUT2D eigenvalue weighted by atomic mass is 32.2. The topological polar surface area (TPSA) is 97.8 Å². The van der Waals surface area contributed by atoms with E-state index in [1.54, 1.807) is 36.7 Å². The van der Waals surface area contributed by atoms with E-state index in [4.69, 9.17) is 9.47 Å². The van der Waals surface area contributed by atoms with Gasteiger partial charge in [-0.05, 0) is 30.2 Å². The molecule has 0 saturated carbocycles. The number of nitrogens with one attached hydrogen (secondary N) is 1. The summed E-state index contributed by atoms with van der Waals surface area (Å²) in [5.41, 5.74) is 1.39. The lowest BCUT2D eigenvalue weighted by Crippen LogP contribution is -2.32. The minimum atomic E-state index is -3.49. The number of sulfonamides is 1. The van der Waals surface area contributed by atoms with Crippen LogP contribution in [-0.2, 0) is 21.4 Å². The third kappa shape index (κ3) is 5.10. The largest absolute Gasteiger partial charge is 0.454 e. The molecule has 0 spiro atoms. The summed E-state index contributed by atoms with van der Waals surface area (Å²) in [5.74, 6) is 0.954. The van der Waals surface area contributed by atoms with Crippen molar-refractivity contribution in [1.29, 1.82) is 0 Å². The predicted octanol–water partition coefficient (Wildman–Crippen LogP) is 1.67. The van der Waals surface area contributed by atoms with Gasteiger partial charge in [0.25, 0.3) is 0 Å². The molecule has 9 heteroatoms. The van der Waals surface area contributed by atoms with Crippen molar-refractivity contribution in [2.24, 2.45) is 0 Å². The first-order valence-corrected chi connectivity index (χ1v) is 10.3. The molecule has 3 rings (SSSR count). The van der Waals surface area contributed by atoms with Gasteiger partial charge in [0, 0.05) is 38.0 Å². The number of carbonyl (C=O) groups excluding carboxylic acids is 1. The average Bonchev–Trinajstić information content (AvgIpc) is 3.11. The molecular weight excluding hydrogens is 370 g/mol. The molecule has 0 atom stereocenters. The third-order valence-corrected chi connectivity index (χ3v) is 5.22. The van der Waals surface area contributed by atoms with Crippen molar-refractivity contribution in [1.82, 2.24) is 10.3 Å². The summed E-state index contributed by atoms with van der Waals surface area (Å²) in [7, 11) is -3.49. The maximum absolute atomic E-state index is 12.2. The molecule has 2 heterocycles. The van der Waals surface area contributed by atoms with Crippen LogP contribution in [0, 0.1) is 0 Å². The van der Waals surface area contributed by atoms with Gasteiger partial charge in [0.15, 0.2) is 11.5 Å². The Bertz CT molecular complexity index is 902. The van der Waals surface area contributed by atoms with Crippen molar-refractivity contribution in [3.63, 3.8) is 0 Å². The molecular formula is C18H21N3O5S. The Morgan fingerprint density at radius 1 is 1.26 bits per heavy atom. The molecule has 1 aromatic carbocycles. The molecule has 144 valence electrons. The van der Waals surface area contributed by atoms with Crippen LogP contribution in [-0.4, -0.2) is 38.9 Å². The molecule has 0 fully saturated rings. The number of amides is 1. The minimum absolute atomic E-state index is 0.120. The van der Waals surface area contributed by atoms with E-state index in [9.17, 15) is 13.2 Å². The van der Waals surface area contributed by atoms with Gasteiger partial charge in [0.2, 0.25) is 22.7 Å². The smallest absolute Gasteiger partial charge is 0.232 e. The van der Waals surface area contributed by atoms with Gasteiger partial charge in [-0.3, -0.25) is 14.1 Å². The SMILES string of the molecule is CS(=O)(=O)N(CCCC(=O)NCc1cccnc1)c1ccc2c(c1)OCO2. The highest BCUT2D eigenvalue weighted by Gasteiger charge is 2.21. The number of nitrogens with zero attached hydrogens (tertiary/aromatic N) is 2. The van der Waals surface area contributed by atoms with Crippen LogP contribution in [0.2, 0.25) is 0 Å². The van der Waals surface area contributed by atoms with Gasteiger partial charge in [-0.2, -0.15) is 0 Å². The fraction of sp³-hybridized carbons (Fsp3) is 0.333. The molecule has 2 aromatic rings. The molecule has 1 amide bonds. The number of fused-ring (bicyclic) bond motifs is 1. The van der Waals surface area contributed by atoms with Crippen LogP contribution in [0.15, 0.2) is 42.7 Å². The number of anilines is 1. The van der Waals surface area contributed by atoms with Crippen LogP contribution in [0.3, 0.4) is 0 Å². The standard InChI is InChI=1S/C18H21N3O5S/c1-27(23,24)21(15-6-7-16-17(10-15)26-13-25-16)9-3-5-18(22)20-12-14-4-2-8-19-11-14/h2,4,6-8,10-11H,3,5,9,12-13H2,1H3,(H,20,22). The number of ether oxygens (including phenoxy) is 2.